The number of aryl methyl sites for hydroxylation is 1. The molecule has 0 heterocycles. The van der Waals surface area contributed by atoms with Crippen molar-refractivity contribution in [2.45, 2.75) is 44.9 Å². The van der Waals surface area contributed by atoms with Gasteiger partial charge < -0.3 is 0 Å². The molecule has 0 aliphatic heterocycles. The second kappa shape index (κ2) is 10.5. The van der Waals surface area contributed by atoms with Gasteiger partial charge in [0.15, 0.2) is 0 Å². The summed E-state index contributed by atoms with van der Waals surface area (Å²) in [5, 5.41) is 0.668. The van der Waals surface area contributed by atoms with E-state index in [4.69, 9.17) is 23.2 Å². The van der Waals surface area contributed by atoms with Gasteiger partial charge in [0.1, 0.15) is 4.87 Å². The van der Waals surface area contributed by atoms with Crippen LogP contribution < -0.4 is 0 Å². The molecule has 0 bridgehead atoms. The molecule has 3 aromatic rings. The van der Waals surface area contributed by atoms with Crippen molar-refractivity contribution >= 4 is 23.2 Å². The van der Waals surface area contributed by atoms with Crippen LogP contribution in [0.25, 0.3) is 0 Å². The average Bonchev–Trinajstić information content (AvgIpc) is 2.70. The van der Waals surface area contributed by atoms with Crippen LogP contribution in [0.5, 0.6) is 0 Å². The fourth-order valence-electron chi connectivity index (χ4n) is 3.02. The first-order chi connectivity index (χ1) is 13.0. The monoisotopic (exact) mass is 398 g/mol. The van der Waals surface area contributed by atoms with Gasteiger partial charge in [-0.25, -0.2) is 0 Å². The molecule has 0 saturated heterocycles. The molecule has 1 atom stereocenters. The van der Waals surface area contributed by atoms with Crippen LogP contribution in [-0.2, 0) is 4.87 Å². The molecule has 0 spiro atoms. The highest BCUT2D eigenvalue weighted by Crippen LogP contribution is 2.45. The third-order valence-corrected chi connectivity index (χ3v) is 5.54. The molecule has 27 heavy (non-hydrogen) atoms. The number of halogens is 2. The van der Waals surface area contributed by atoms with E-state index in [1.807, 2.05) is 54.6 Å². The van der Waals surface area contributed by atoms with Crippen molar-refractivity contribution in [1.82, 2.24) is 0 Å². The topological polar surface area (TPSA) is 0 Å². The summed E-state index contributed by atoms with van der Waals surface area (Å²) in [6, 6.07) is 26.1. The zero-order valence-corrected chi connectivity index (χ0v) is 17.9. The first-order valence-corrected chi connectivity index (χ1v) is 10.4. The van der Waals surface area contributed by atoms with Crippen LogP contribution in [0.3, 0.4) is 0 Å². The van der Waals surface area contributed by atoms with Crippen LogP contribution in [0.2, 0.25) is 5.02 Å². The standard InChI is InChI=1S/C20H16Cl2.C5H12/c1-15-11-13-17(14-12-15)20(22,16-7-3-2-4-8-16)18-9-5-6-10-19(18)21;1-3-5-4-2/h2-14H,1H3;3-5H2,1-2H3. The summed E-state index contributed by atoms with van der Waals surface area (Å²) in [6.45, 7) is 6.49. The maximum atomic E-state index is 7.19. The van der Waals surface area contributed by atoms with Crippen molar-refractivity contribution in [1.29, 1.82) is 0 Å². The van der Waals surface area contributed by atoms with E-state index in [0.29, 0.717) is 5.02 Å². The van der Waals surface area contributed by atoms with Crippen molar-refractivity contribution in [3.05, 3.63) is 106 Å². The van der Waals surface area contributed by atoms with Gasteiger partial charge >= 0.3 is 0 Å². The van der Waals surface area contributed by atoms with E-state index in [9.17, 15) is 0 Å². The lowest BCUT2D eigenvalue weighted by atomic mass is 9.84. The highest BCUT2D eigenvalue weighted by molar-refractivity contribution is 6.34. The summed E-state index contributed by atoms with van der Waals surface area (Å²) >= 11 is 13.6. The minimum absolute atomic E-state index is 0.668. The molecule has 1 unspecified atom stereocenters. The SMILES string of the molecule is CCCCC.Cc1ccc(C(Cl)(c2ccccc2)c2ccccc2Cl)cc1. The highest BCUT2D eigenvalue weighted by Gasteiger charge is 2.35. The Bertz CT molecular complexity index is 807. The smallest absolute Gasteiger partial charge is 0.103 e. The molecule has 0 radical (unpaired) electrons. The van der Waals surface area contributed by atoms with Crippen LogP contribution in [-0.4, -0.2) is 0 Å². The maximum Gasteiger partial charge on any atom is 0.121 e. The van der Waals surface area contributed by atoms with Crippen LogP contribution in [0.1, 0.15) is 55.4 Å². The fraction of sp³-hybridized carbons (Fsp3) is 0.280. The molecule has 0 nitrogen and oxygen atoms in total. The Morgan fingerprint density at radius 3 is 1.74 bits per heavy atom. The Morgan fingerprint density at radius 2 is 1.22 bits per heavy atom. The lowest BCUT2D eigenvalue weighted by Gasteiger charge is -2.30. The molecule has 0 fully saturated rings. The summed E-state index contributed by atoms with van der Waals surface area (Å²) < 4.78 is 0. The van der Waals surface area contributed by atoms with Crippen molar-refractivity contribution in [2.75, 3.05) is 0 Å². The summed E-state index contributed by atoms with van der Waals surface area (Å²) in [5.74, 6) is 0. The van der Waals surface area contributed by atoms with E-state index in [1.54, 1.807) is 0 Å². The Balaban J connectivity index is 0.000000465. The second-order valence-electron chi connectivity index (χ2n) is 6.72. The number of unbranched alkanes of at least 4 members (excludes halogenated alkanes) is 2. The molecule has 0 amide bonds. The zero-order valence-electron chi connectivity index (χ0n) is 16.4. The van der Waals surface area contributed by atoms with Gasteiger partial charge in [-0.3, -0.25) is 0 Å². The van der Waals surface area contributed by atoms with Crippen LogP contribution >= 0.6 is 23.2 Å². The number of hydrogen-bond acceptors (Lipinski definition) is 0. The van der Waals surface area contributed by atoms with Crippen LogP contribution in [0.15, 0.2) is 78.9 Å². The zero-order chi connectivity index (χ0) is 19.7. The Labute approximate surface area is 174 Å². The molecule has 0 N–H and O–H groups in total. The molecular formula is C25H28Cl2. The van der Waals surface area contributed by atoms with E-state index in [1.165, 1.54) is 24.8 Å². The quantitative estimate of drug-likeness (QED) is 0.299. The lowest BCUT2D eigenvalue weighted by Crippen LogP contribution is -2.22. The molecule has 3 rings (SSSR count). The van der Waals surface area contributed by atoms with Gasteiger partial charge in [-0.2, -0.15) is 0 Å². The van der Waals surface area contributed by atoms with Gasteiger partial charge in [-0.1, -0.05) is 123 Å². The molecule has 3 aromatic carbocycles. The van der Waals surface area contributed by atoms with E-state index >= 15 is 0 Å². The Hall–Kier alpha value is -1.76. The average molecular weight is 399 g/mol. The third kappa shape index (κ3) is 5.37. The summed E-state index contributed by atoms with van der Waals surface area (Å²) in [4.78, 5) is -0.798. The Kier molecular flexibility index (Phi) is 8.41. The van der Waals surface area contributed by atoms with Gasteiger partial charge in [0, 0.05) is 10.6 Å². The lowest BCUT2D eigenvalue weighted by molar-refractivity contribution is 0.772. The molecule has 0 aliphatic carbocycles. The molecular weight excluding hydrogens is 371 g/mol. The number of rotatable bonds is 5. The van der Waals surface area contributed by atoms with Gasteiger partial charge in [-0.15, -0.1) is 11.6 Å². The predicted molar refractivity (Wildman–Crippen MR) is 120 cm³/mol. The van der Waals surface area contributed by atoms with E-state index < -0.39 is 4.87 Å². The molecule has 0 saturated carbocycles. The largest absolute Gasteiger partial charge is 0.121 e. The first-order valence-electron chi connectivity index (χ1n) is 9.60. The van der Waals surface area contributed by atoms with Crippen molar-refractivity contribution < 1.29 is 0 Å². The van der Waals surface area contributed by atoms with Crippen LogP contribution in [0.4, 0.5) is 0 Å². The minimum Gasteiger partial charge on any atom is -0.103 e. The van der Waals surface area contributed by atoms with E-state index in [-0.39, 0.29) is 0 Å². The fourth-order valence-corrected chi connectivity index (χ4v) is 3.77. The van der Waals surface area contributed by atoms with E-state index in [0.717, 1.165) is 16.7 Å². The number of benzene rings is 3. The number of hydrogen-bond donors (Lipinski definition) is 0. The van der Waals surface area contributed by atoms with Crippen LogP contribution in [0, 0.1) is 6.92 Å². The Morgan fingerprint density at radius 1 is 0.704 bits per heavy atom. The normalized spacial score (nSPS) is 12.6. The van der Waals surface area contributed by atoms with Crippen molar-refractivity contribution in [3.8, 4) is 0 Å². The van der Waals surface area contributed by atoms with Crippen molar-refractivity contribution in [2.24, 2.45) is 0 Å². The summed E-state index contributed by atoms with van der Waals surface area (Å²) in [7, 11) is 0. The minimum atomic E-state index is -0.798. The number of alkyl halides is 1. The summed E-state index contributed by atoms with van der Waals surface area (Å²) in [6.07, 6.45) is 4.08. The summed E-state index contributed by atoms with van der Waals surface area (Å²) in [5.41, 5.74) is 4.12. The van der Waals surface area contributed by atoms with Crippen molar-refractivity contribution in [3.63, 3.8) is 0 Å². The first kappa shape index (κ1) is 21.5. The molecule has 0 aromatic heterocycles. The molecule has 0 aliphatic rings. The van der Waals surface area contributed by atoms with Gasteiger partial charge in [-0.05, 0) is 24.1 Å². The highest BCUT2D eigenvalue weighted by atomic mass is 35.5. The molecule has 2 heteroatoms. The van der Waals surface area contributed by atoms with Gasteiger partial charge in [0.25, 0.3) is 0 Å². The third-order valence-electron chi connectivity index (χ3n) is 4.57. The van der Waals surface area contributed by atoms with Gasteiger partial charge in [0.2, 0.25) is 0 Å². The molecule has 142 valence electrons. The maximum absolute atomic E-state index is 7.19. The van der Waals surface area contributed by atoms with E-state index in [2.05, 4.69) is 45.0 Å². The predicted octanol–water partition coefficient (Wildman–Crippen LogP) is 8.38. The van der Waals surface area contributed by atoms with Gasteiger partial charge in [0.05, 0.1) is 0 Å². The second-order valence-corrected chi connectivity index (χ2v) is 7.70.